The number of hydrogen-bond acceptors (Lipinski definition) is 1. The lowest BCUT2D eigenvalue weighted by molar-refractivity contribution is -0.00000318. The molecular weight excluding hydrogens is 237 g/mol. The molecule has 1 nitrogen and oxygen atoms in total. The summed E-state index contributed by atoms with van der Waals surface area (Å²) in [4.78, 5) is 0. The highest BCUT2D eigenvalue weighted by Gasteiger charge is 2.43. The maximum atomic E-state index is 2.53. The average Bonchev–Trinajstić information content (AvgIpc) is 2.31. The highest BCUT2D eigenvalue weighted by molar-refractivity contribution is 7.80. The molecule has 1 aromatic carbocycles. The van der Waals surface area contributed by atoms with Crippen LogP contribution in [0.1, 0.15) is 19.3 Å². The number of hydrogen-bond donors (Lipinski definition) is 0. The normalized spacial score (nSPS) is 19.2. The first-order chi connectivity index (χ1) is 7.26. The summed E-state index contributed by atoms with van der Waals surface area (Å²) in [6.45, 7) is 0. The van der Waals surface area contributed by atoms with Crippen LogP contribution < -0.4 is 17.7 Å². The van der Waals surface area contributed by atoms with Gasteiger partial charge in [-0.2, -0.15) is 4.67 Å². The van der Waals surface area contributed by atoms with E-state index in [0.717, 1.165) is 0 Å². The Hall–Kier alpha value is -0.100. The van der Waals surface area contributed by atoms with E-state index >= 15 is 0 Å². The van der Waals surface area contributed by atoms with Gasteiger partial charge in [-0.1, -0.05) is 18.2 Å². The van der Waals surface area contributed by atoms with Crippen molar-refractivity contribution in [3.63, 3.8) is 0 Å². The van der Waals surface area contributed by atoms with Gasteiger partial charge in [0.05, 0.1) is 12.3 Å². The lowest BCUT2D eigenvalue weighted by Crippen LogP contribution is -3.00. The van der Waals surface area contributed by atoms with Crippen LogP contribution in [0.2, 0.25) is 0 Å². The quantitative estimate of drug-likeness (QED) is 0.674. The summed E-state index contributed by atoms with van der Waals surface area (Å²) in [5.41, 5.74) is 0. The molecule has 1 aliphatic rings. The molecule has 2 rings (SSSR count). The molecule has 0 saturated carbocycles. The van der Waals surface area contributed by atoms with Crippen molar-refractivity contribution in [2.45, 2.75) is 19.3 Å². The van der Waals surface area contributed by atoms with Gasteiger partial charge in [-0.05, 0) is 31.4 Å². The average molecular weight is 258 g/mol. The fourth-order valence-electron chi connectivity index (χ4n) is 2.63. The summed E-state index contributed by atoms with van der Waals surface area (Å²) in [5.74, 6) is 0. The molecule has 16 heavy (non-hydrogen) atoms. The zero-order chi connectivity index (χ0) is 10.7. The predicted molar refractivity (Wildman–Crippen MR) is 70.3 cm³/mol. The van der Waals surface area contributed by atoms with E-state index in [1.165, 1.54) is 31.6 Å². The Morgan fingerprint density at radius 2 is 1.50 bits per heavy atom. The molecule has 0 spiro atoms. The van der Waals surface area contributed by atoms with Gasteiger partial charge in [0.1, 0.15) is 12.7 Å². The SMILES string of the molecule is CN(C)[P+]1(c2ccccc2)CCCCC1.[Cl-]. The summed E-state index contributed by atoms with van der Waals surface area (Å²) in [7, 11) is 3.56. The van der Waals surface area contributed by atoms with Crippen LogP contribution in [0, 0.1) is 0 Å². The van der Waals surface area contributed by atoms with Gasteiger partial charge < -0.3 is 12.4 Å². The highest BCUT2D eigenvalue weighted by Crippen LogP contribution is 2.62. The van der Waals surface area contributed by atoms with Crippen molar-refractivity contribution >= 4 is 12.7 Å². The molecule has 0 bridgehead atoms. The minimum Gasteiger partial charge on any atom is -1.00 e. The van der Waals surface area contributed by atoms with Crippen LogP contribution in [0.4, 0.5) is 0 Å². The van der Waals surface area contributed by atoms with Crippen molar-refractivity contribution < 1.29 is 12.4 Å². The maximum Gasteiger partial charge on any atom is 0.115 e. The summed E-state index contributed by atoms with van der Waals surface area (Å²) < 4.78 is 2.53. The van der Waals surface area contributed by atoms with E-state index in [1.807, 2.05) is 0 Å². The van der Waals surface area contributed by atoms with Crippen molar-refractivity contribution in [1.29, 1.82) is 0 Å². The molecule has 0 aliphatic carbocycles. The minimum absolute atomic E-state index is 0. The number of rotatable bonds is 2. The number of halogens is 1. The van der Waals surface area contributed by atoms with E-state index in [4.69, 9.17) is 0 Å². The third-order valence-corrected chi connectivity index (χ3v) is 8.46. The summed E-state index contributed by atoms with van der Waals surface area (Å²) >= 11 is 0. The minimum atomic E-state index is -0.981. The van der Waals surface area contributed by atoms with Crippen LogP contribution in [-0.4, -0.2) is 31.1 Å². The van der Waals surface area contributed by atoms with E-state index in [2.05, 4.69) is 49.1 Å². The first kappa shape index (κ1) is 14.0. The van der Waals surface area contributed by atoms with Crippen molar-refractivity contribution in [3.8, 4) is 0 Å². The molecule has 1 aromatic rings. The Kier molecular flexibility index (Phi) is 5.24. The Morgan fingerprint density at radius 3 is 2.00 bits per heavy atom. The summed E-state index contributed by atoms with van der Waals surface area (Å²) in [6, 6.07) is 11.2. The molecule has 0 radical (unpaired) electrons. The van der Waals surface area contributed by atoms with E-state index in [-0.39, 0.29) is 12.4 Å². The molecule has 0 unspecified atom stereocenters. The molecule has 1 saturated heterocycles. The van der Waals surface area contributed by atoms with Crippen LogP contribution in [-0.2, 0) is 0 Å². The fourth-order valence-corrected chi connectivity index (χ4v) is 6.85. The monoisotopic (exact) mass is 257 g/mol. The highest BCUT2D eigenvalue weighted by atomic mass is 35.5. The molecule has 0 N–H and O–H groups in total. The number of nitrogens with zero attached hydrogens (tertiary/aromatic N) is 1. The third-order valence-electron chi connectivity index (χ3n) is 3.56. The van der Waals surface area contributed by atoms with Gasteiger partial charge in [0.25, 0.3) is 0 Å². The maximum absolute atomic E-state index is 2.53. The second-order valence-corrected chi connectivity index (χ2v) is 8.67. The fraction of sp³-hybridized carbons (Fsp3) is 0.538. The molecule has 3 heteroatoms. The van der Waals surface area contributed by atoms with Gasteiger partial charge in [-0.3, -0.25) is 0 Å². The lowest BCUT2D eigenvalue weighted by Gasteiger charge is -2.35. The zero-order valence-corrected chi connectivity index (χ0v) is 11.8. The second-order valence-electron chi connectivity index (χ2n) is 4.61. The molecule has 0 atom stereocenters. The van der Waals surface area contributed by atoms with Crippen LogP contribution in [0.15, 0.2) is 30.3 Å². The molecule has 0 amide bonds. The van der Waals surface area contributed by atoms with Gasteiger partial charge in [0.2, 0.25) is 0 Å². The lowest BCUT2D eigenvalue weighted by atomic mass is 10.3. The smallest absolute Gasteiger partial charge is 0.115 e. The topological polar surface area (TPSA) is 3.24 Å². The Morgan fingerprint density at radius 1 is 0.938 bits per heavy atom. The van der Waals surface area contributed by atoms with E-state index in [1.54, 1.807) is 5.30 Å². The standard InChI is InChI=1S/C13H21NP.ClH/c1-14(2)15(11-7-4-8-12-15)13-9-5-3-6-10-13;/h3,5-6,9-10H,4,7-8,11-12H2,1-2H3;1H/q+1;/p-1. The zero-order valence-electron chi connectivity index (χ0n) is 10.2. The first-order valence-electron chi connectivity index (χ1n) is 5.86. The van der Waals surface area contributed by atoms with Gasteiger partial charge in [0.15, 0.2) is 0 Å². The molecule has 0 aromatic heterocycles. The second kappa shape index (κ2) is 6.00. The van der Waals surface area contributed by atoms with Crippen LogP contribution in [0.25, 0.3) is 0 Å². The molecule has 1 heterocycles. The molecule has 90 valence electrons. The van der Waals surface area contributed by atoms with Crippen molar-refractivity contribution in [2.24, 2.45) is 0 Å². The third kappa shape index (κ3) is 2.59. The van der Waals surface area contributed by atoms with Crippen LogP contribution in [0.3, 0.4) is 0 Å². The first-order valence-corrected chi connectivity index (χ1v) is 7.97. The molecular formula is C13H21ClNP. The van der Waals surface area contributed by atoms with Gasteiger partial charge >= 0.3 is 0 Å². The largest absolute Gasteiger partial charge is 1.00 e. The summed E-state index contributed by atoms with van der Waals surface area (Å²) in [6.07, 6.45) is 7.11. The predicted octanol–water partition coefficient (Wildman–Crippen LogP) is -0.00600. The van der Waals surface area contributed by atoms with E-state index in [9.17, 15) is 0 Å². The van der Waals surface area contributed by atoms with Crippen LogP contribution >= 0.6 is 7.41 Å². The van der Waals surface area contributed by atoms with Crippen LogP contribution in [0.5, 0.6) is 0 Å². The summed E-state index contributed by atoms with van der Waals surface area (Å²) in [5, 5.41) is 1.61. The Bertz CT molecular complexity index is 307. The van der Waals surface area contributed by atoms with Crippen molar-refractivity contribution in [2.75, 3.05) is 26.4 Å². The Labute approximate surface area is 106 Å². The van der Waals surface area contributed by atoms with E-state index < -0.39 is 7.41 Å². The van der Waals surface area contributed by atoms with Gasteiger partial charge in [-0.25, -0.2) is 0 Å². The van der Waals surface area contributed by atoms with Crippen molar-refractivity contribution in [3.05, 3.63) is 30.3 Å². The molecule has 1 fully saturated rings. The Balaban J connectivity index is 0.00000128. The van der Waals surface area contributed by atoms with Gasteiger partial charge in [-0.15, -0.1) is 0 Å². The van der Waals surface area contributed by atoms with Crippen molar-refractivity contribution in [1.82, 2.24) is 4.67 Å². The van der Waals surface area contributed by atoms with Gasteiger partial charge in [0, 0.05) is 14.1 Å². The van der Waals surface area contributed by atoms with E-state index in [0.29, 0.717) is 0 Å². The molecule has 1 aliphatic heterocycles. The number of benzene rings is 1.